The van der Waals surface area contributed by atoms with Crippen LogP contribution < -0.4 is 15.8 Å². The Balaban J connectivity index is 1.50. The predicted molar refractivity (Wildman–Crippen MR) is 110 cm³/mol. The van der Waals surface area contributed by atoms with Gasteiger partial charge in [-0.2, -0.15) is 4.98 Å². The number of benzene rings is 1. The maximum absolute atomic E-state index is 9.14. The first-order valence-corrected chi connectivity index (χ1v) is 10.2. The first-order valence-electron chi connectivity index (χ1n) is 10.2. The van der Waals surface area contributed by atoms with Gasteiger partial charge in [-0.1, -0.05) is 24.3 Å². The smallest absolute Gasteiger partial charge is 0.243 e. The topological polar surface area (TPSA) is 93.3 Å². The molecular weight excluding hydrogens is 352 g/mol. The van der Waals surface area contributed by atoms with E-state index in [0.29, 0.717) is 35.8 Å². The van der Waals surface area contributed by atoms with Crippen molar-refractivity contribution in [3.05, 3.63) is 41.7 Å². The molecule has 2 aliphatic rings. The average Bonchev–Trinajstić information content (AvgIpc) is 2.68. The van der Waals surface area contributed by atoms with Gasteiger partial charge in [-0.3, -0.25) is 0 Å². The van der Waals surface area contributed by atoms with Gasteiger partial charge < -0.3 is 20.9 Å². The molecule has 28 heavy (non-hydrogen) atoms. The van der Waals surface area contributed by atoms with E-state index in [-0.39, 0.29) is 6.04 Å². The number of hydrogen-bond donors (Lipinski definition) is 3. The third-order valence-electron chi connectivity index (χ3n) is 6.31. The molecule has 4 N–H and O–H groups in total. The van der Waals surface area contributed by atoms with Crippen LogP contribution in [-0.2, 0) is 0 Å². The van der Waals surface area contributed by atoms with Crippen molar-refractivity contribution in [2.45, 2.75) is 63.5 Å². The summed E-state index contributed by atoms with van der Waals surface area (Å²) in [7, 11) is 0. The second-order valence-corrected chi connectivity index (χ2v) is 8.62. The summed E-state index contributed by atoms with van der Waals surface area (Å²) in [5, 5.41) is 12.6. The lowest BCUT2D eigenvalue weighted by atomic mass is 9.77. The van der Waals surface area contributed by atoms with E-state index >= 15 is 0 Å². The van der Waals surface area contributed by atoms with Crippen LogP contribution in [0.25, 0.3) is 0 Å². The molecular formula is C22H30N4O2. The van der Waals surface area contributed by atoms with Gasteiger partial charge in [0.25, 0.3) is 0 Å². The molecule has 6 heteroatoms. The molecule has 1 saturated carbocycles. The van der Waals surface area contributed by atoms with E-state index in [9.17, 15) is 0 Å². The summed E-state index contributed by atoms with van der Waals surface area (Å²) >= 11 is 0. The molecule has 2 aromatic rings. The SMILES string of the molecule is CC1(C)Oc2ncnc(N)c2NC1c1ccc([C@H]2CC[C@H](CCO)CC2)cc1. The summed E-state index contributed by atoms with van der Waals surface area (Å²) in [6.07, 6.45) is 7.23. The number of ether oxygens (including phenoxy) is 1. The second-order valence-electron chi connectivity index (χ2n) is 8.62. The zero-order valence-electron chi connectivity index (χ0n) is 16.7. The Labute approximate surface area is 166 Å². The molecule has 1 aromatic heterocycles. The van der Waals surface area contributed by atoms with Crippen molar-refractivity contribution >= 4 is 11.5 Å². The molecule has 0 spiro atoms. The summed E-state index contributed by atoms with van der Waals surface area (Å²) in [6, 6.07) is 8.86. The number of nitrogens with two attached hydrogens (primary N) is 1. The summed E-state index contributed by atoms with van der Waals surface area (Å²) < 4.78 is 6.13. The fourth-order valence-corrected chi connectivity index (χ4v) is 4.63. The van der Waals surface area contributed by atoms with Crippen molar-refractivity contribution in [3.63, 3.8) is 0 Å². The van der Waals surface area contributed by atoms with Gasteiger partial charge in [0.05, 0.1) is 6.04 Å². The molecule has 1 aromatic carbocycles. The number of aliphatic hydroxyl groups excluding tert-OH is 1. The summed E-state index contributed by atoms with van der Waals surface area (Å²) in [4.78, 5) is 8.28. The molecule has 2 heterocycles. The van der Waals surface area contributed by atoms with Gasteiger partial charge in [0.1, 0.15) is 17.6 Å². The fraction of sp³-hybridized carbons (Fsp3) is 0.545. The van der Waals surface area contributed by atoms with E-state index in [1.165, 1.54) is 37.6 Å². The monoisotopic (exact) mass is 382 g/mol. The van der Waals surface area contributed by atoms with Crippen LogP contribution in [-0.4, -0.2) is 27.3 Å². The predicted octanol–water partition coefficient (Wildman–Crippen LogP) is 4.04. The van der Waals surface area contributed by atoms with Crippen molar-refractivity contribution in [2.24, 2.45) is 5.92 Å². The van der Waals surface area contributed by atoms with Crippen molar-refractivity contribution in [2.75, 3.05) is 17.7 Å². The third kappa shape index (κ3) is 3.65. The first kappa shape index (κ1) is 19.0. The minimum absolute atomic E-state index is 0.0392. The van der Waals surface area contributed by atoms with Crippen molar-refractivity contribution < 1.29 is 9.84 Å². The van der Waals surface area contributed by atoms with Crippen molar-refractivity contribution in [1.82, 2.24) is 9.97 Å². The lowest BCUT2D eigenvalue weighted by Crippen LogP contribution is -2.44. The molecule has 1 fully saturated rings. The van der Waals surface area contributed by atoms with Crippen LogP contribution in [0, 0.1) is 5.92 Å². The number of nitrogen functional groups attached to an aromatic ring is 1. The highest BCUT2D eigenvalue weighted by atomic mass is 16.5. The Kier molecular flexibility index (Phi) is 5.15. The summed E-state index contributed by atoms with van der Waals surface area (Å²) in [5.74, 6) is 2.22. The highest BCUT2D eigenvalue weighted by Crippen LogP contribution is 2.44. The van der Waals surface area contributed by atoms with Crippen LogP contribution in [0.3, 0.4) is 0 Å². The average molecular weight is 383 g/mol. The quantitative estimate of drug-likeness (QED) is 0.739. The minimum atomic E-state index is -0.461. The van der Waals surface area contributed by atoms with Crippen LogP contribution in [0.1, 0.15) is 69.0 Å². The zero-order valence-corrected chi connectivity index (χ0v) is 16.7. The Morgan fingerprint density at radius 2 is 1.79 bits per heavy atom. The molecule has 0 bridgehead atoms. The number of rotatable bonds is 4. The second kappa shape index (κ2) is 7.59. The lowest BCUT2D eigenvalue weighted by Gasteiger charge is -2.40. The van der Waals surface area contributed by atoms with Crippen LogP contribution in [0.15, 0.2) is 30.6 Å². The van der Waals surface area contributed by atoms with E-state index < -0.39 is 5.60 Å². The molecule has 1 atom stereocenters. The zero-order chi connectivity index (χ0) is 19.7. The third-order valence-corrected chi connectivity index (χ3v) is 6.31. The molecule has 1 aliphatic heterocycles. The van der Waals surface area contributed by atoms with E-state index in [4.69, 9.17) is 15.6 Å². The number of nitrogens with one attached hydrogen (secondary N) is 1. The maximum Gasteiger partial charge on any atom is 0.243 e. The molecule has 0 amide bonds. The number of nitrogens with zero attached hydrogens (tertiary/aromatic N) is 2. The van der Waals surface area contributed by atoms with E-state index in [1.54, 1.807) is 0 Å². The number of fused-ring (bicyclic) bond motifs is 1. The van der Waals surface area contributed by atoms with Gasteiger partial charge in [-0.25, -0.2) is 4.98 Å². The van der Waals surface area contributed by atoms with Crippen molar-refractivity contribution in [1.29, 1.82) is 0 Å². The van der Waals surface area contributed by atoms with Crippen LogP contribution in [0.2, 0.25) is 0 Å². The summed E-state index contributed by atoms with van der Waals surface area (Å²) in [6.45, 7) is 4.43. The molecule has 0 saturated heterocycles. The molecule has 1 aliphatic carbocycles. The number of hydrogen-bond acceptors (Lipinski definition) is 6. The van der Waals surface area contributed by atoms with Gasteiger partial charge in [-0.05, 0) is 68.9 Å². The van der Waals surface area contributed by atoms with E-state index in [0.717, 1.165) is 12.0 Å². The lowest BCUT2D eigenvalue weighted by molar-refractivity contribution is 0.0722. The largest absolute Gasteiger partial charge is 0.467 e. The van der Waals surface area contributed by atoms with E-state index in [1.807, 2.05) is 0 Å². The maximum atomic E-state index is 9.14. The Morgan fingerprint density at radius 3 is 2.46 bits per heavy atom. The Morgan fingerprint density at radius 1 is 1.11 bits per heavy atom. The normalized spacial score (nSPS) is 26.0. The van der Waals surface area contributed by atoms with Gasteiger partial charge in [-0.15, -0.1) is 0 Å². The molecule has 150 valence electrons. The highest BCUT2D eigenvalue weighted by molar-refractivity contribution is 5.69. The summed E-state index contributed by atoms with van der Waals surface area (Å²) in [5.41, 5.74) is 8.79. The van der Waals surface area contributed by atoms with E-state index in [2.05, 4.69) is 53.4 Å². The molecule has 6 nitrogen and oxygen atoms in total. The van der Waals surface area contributed by atoms with Gasteiger partial charge in [0.15, 0.2) is 5.82 Å². The van der Waals surface area contributed by atoms with Crippen LogP contribution in [0.4, 0.5) is 11.5 Å². The standard InChI is InChI=1S/C22H30N4O2/c1-22(2)19(26-18-20(23)24-13-25-21(18)28-22)17-9-7-16(8-10-17)15-5-3-14(4-6-15)11-12-27/h7-10,13-15,19,26-27H,3-6,11-12H2,1-2H3,(H2,23,24,25)/t14-,15-,19?. The van der Waals surface area contributed by atoms with Gasteiger partial charge in [0.2, 0.25) is 5.88 Å². The number of anilines is 2. The molecule has 4 rings (SSSR count). The van der Waals surface area contributed by atoms with Gasteiger partial charge in [0, 0.05) is 6.61 Å². The molecule has 1 unspecified atom stereocenters. The van der Waals surface area contributed by atoms with Gasteiger partial charge >= 0.3 is 0 Å². The number of aliphatic hydroxyl groups is 1. The Bertz CT molecular complexity index is 814. The first-order chi connectivity index (χ1) is 13.5. The fourth-order valence-electron chi connectivity index (χ4n) is 4.63. The number of aromatic nitrogens is 2. The minimum Gasteiger partial charge on any atom is -0.467 e. The molecule has 0 radical (unpaired) electrons. The highest BCUT2D eigenvalue weighted by Gasteiger charge is 2.39. The Hall–Kier alpha value is -2.34. The van der Waals surface area contributed by atoms with Crippen LogP contribution >= 0.6 is 0 Å². The van der Waals surface area contributed by atoms with Crippen molar-refractivity contribution in [3.8, 4) is 5.88 Å². The van der Waals surface area contributed by atoms with Crippen LogP contribution in [0.5, 0.6) is 5.88 Å².